The normalized spacial score (nSPS) is 10.3. The van der Waals surface area contributed by atoms with Gasteiger partial charge in [0.1, 0.15) is 5.82 Å². The van der Waals surface area contributed by atoms with Crippen LogP contribution in [0.15, 0.2) is 36.4 Å². The summed E-state index contributed by atoms with van der Waals surface area (Å²) in [6.45, 7) is 0. The van der Waals surface area contributed by atoms with Gasteiger partial charge in [-0.1, -0.05) is 23.2 Å². The van der Waals surface area contributed by atoms with Gasteiger partial charge in [0.15, 0.2) is 0 Å². The molecule has 8 heteroatoms. The van der Waals surface area contributed by atoms with E-state index in [1.165, 1.54) is 18.2 Å². The minimum absolute atomic E-state index is 0.0607. The molecule has 0 unspecified atom stereocenters. The van der Waals surface area contributed by atoms with Gasteiger partial charge in [0.2, 0.25) is 0 Å². The summed E-state index contributed by atoms with van der Waals surface area (Å²) in [6, 6.07) is 7.80. The minimum atomic E-state index is -2.00. The zero-order chi connectivity index (χ0) is 15.6. The molecule has 0 spiro atoms. The molecule has 0 aromatic heterocycles. The van der Waals surface area contributed by atoms with E-state index in [-0.39, 0.29) is 16.0 Å². The number of carbonyl (C=O) groups excluding carboxylic acids is 1. The number of amides is 1. The van der Waals surface area contributed by atoms with Crippen molar-refractivity contribution in [1.82, 2.24) is 0 Å². The van der Waals surface area contributed by atoms with Gasteiger partial charge in [-0.3, -0.25) is 4.79 Å². The van der Waals surface area contributed by atoms with E-state index >= 15 is 0 Å². The number of anilines is 1. The lowest BCUT2D eigenvalue weighted by atomic mass is 9.79. The highest BCUT2D eigenvalue weighted by Crippen LogP contribution is 2.25. The number of hydrogen-bond acceptors (Lipinski definition) is 3. The largest absolute Gasteiger partial charge is 0.491 e. The quantitative estimate of drug-likeness (QED) is 0.756. The van der Waals surface area contributed by atoms with Gasteiger partial charge in [-0.25, -0.2) is 4.39 Å². The van der Waals surface area contributed by atoms with Gasteiger partial charge in [-0.2, -0.15) is 0 Å². The van der Waals surface area contributed by atoms with E-state index in [4.69, 9.17) is 33.2 Å². The van der Waals surface area contributed by atoms with Crippen molar-refractivity contribution >= 4 is 47.4 Å². The summed E-state index contributed by atoms with van der Waals surface area (Å²) >= 11 is 11.7. The third-order valence-corrected chi connectivity index (χ3v) is 3.26. The molecule has 1 amide bonds. The van der Waals surface area contributed by atoms with Crippen molar-refractivity contribution in [3.8, 4) is 0 Å². The summed E-state index contributed by atoms with van der Waals surface area (Å²) in [5, 5.41) is 21.2. The molecule has 0 aliphatic carbocycles. The highest BCUT2D eigenvalue weighted by atomic mass is 35.5. The summed E-state index contributed by atoms with van der Waals surface area (Å²) in [6.07, 6.45) is 0. The minimum Gasteiger partial charge on any atom is -0.423 e. The van der Waals surface area contributed by atoms with Crippen molar-refractivity contribution in [2.75, 3.05) is 5.32 Å². The van der Waals surface area contributed by atoms with Gasteiger partial charge in [-0.15, -0.1) is 0 Å². The van der Waals surface area contributed by atoms with Crippen molar-refractivity contribution in [2.24, 2.45) is 0 Å². The number of rotatable bonds is 3. The second kappa shape index (κ2) is 6.45. The van der Waals surface area contributed by atoms with E-state index in [9.17, 15) is 9.18 Å². The molecule has 3 N–H and O–H groups in total. The second-order valence-electron chi connectivity index (χ2n) is 4.19. The second-order valence-corrected chi connectivity index (χ2v) is 5.03. The van der Waals surface area contributed by atoms with E-state index < -0.39 is 18.8 Å². The first kappa shape index (κ1) is 15.8. The summed E-state index contributed by atoms with van der Waals surface area (Å²) < 4.78 is 13.3. The maximum atomic E-state index is 13.3. The Bertz CT molecular complexity index is 697. The van der Waals surface area contributed by atoms with Gasteiger partial charge in [-0.05, 0) is 36.4 Å². The van der Waals surface area contributed by atoms with Gasteiger partial charge >= 0.3 is 7.12 Å². The lowest BCUT2D eigenvalue weighted by molar-refractivity contribution is 0.102. The lowest BCUT2D eigenvalue weighted by Gasteiger charge is -2.09. The Morgan fingerprint density at radius 2 is 1.86 bits per heavy atom. The van der Waals surface area contributed by atoms with E-state index in [2.05, 4.69) is 5.32 Å². The zero-order valence-electron chi connectivity index (χ0n) is 10.5. The molecule has 0 atom stereocenters. The van der Waals surface area contributed by atoms with Crippen molar-refractivity contribution in [3.05, 3.63) is 57.8 Å². The molecule has 2 aromatic carbocycles. The molecular formula is C13H9BCl2FNO3. The molecule has 0 aliphatic rings. The van der Waals surface area contributed by atoms with Crippen molar-refractivity contribution < 1.29 is 19.2 Å². The summed E-state index contributed by atoms with van der Waals surface area (Å²) in [4.78, 5) is 12.0. The lowest BCUT2D eigenvalue weighted by Crippen LogP contribution is -2.33. The highest BCUT2D eigenvalue weighted by molar-refractivity contribution is 6.58. The number of benzene rings is 2. The van der Waals surface area contributed by atoms with Gasteiger partial charge in [0, 0.05) is 16.0 Å². The van der Waals surface area contributed by atoms with E-state index in [1.54, 1.807) is 6.07 Å². The Morgan fingerprint density at radius 1 is 1.14 bits per heavy atom. The summed E-state index contributed by atoms with van der Waals surface area (Å²) in [5.74, 6) is -1.38. The molecule has 0 saturated heterocycles. The molecule has 0 heterocycles. The monoisotopic (exact) mass is 327 g/mol. The highest BCUT2D eigenvalue weighted by Gasteiger charge is 2.19. The molecule has 4 nitrogen and oxygen atoms in total. The van der Waals surface area contributed by atoms with Crippen LogP contribution in [0.5, 0.6) is 0 Å². The predicted octanol–water partition coefficient (Wildman–Crippen LogP) is 2.06. The van der Waals surface area contributed by atoms with Crippen LogP contribution in [0.2, 0.25) is 10.0 Å². The number of carbonyl (C=O) groups is 1. The maximum absolute atomic E-state index is 13.3. The average molecular weight is 328 g/mol. The number of halogens is 3. The van der Waals surface area contributed by atoms with E-state index in [0.29, 0.717) is 10.7 Å². The van der Waals surface area contributed by atoms with Gasteiger partial charge in [0.05, 0.1) is 10.7 Å². The van der Waals surface area contributed by atoms with Crippen LogP contribution in [0, 0.1) is 5.82 Å². The van der Waals surface area contributed by atoms with Gasteiger partial charge in [0.25, 0.3) is 5.91 Å². The van der Waals surface area contributed by atoms with E-state index in [1.807, 2.05) is 0 Å². The average Bonchev–Trinajstić information content (AvgIpc) is 2.42. The van der Waals surface area contributed by atoms with Crippen LogP contribution in [0.1, 0.15) is 10.4 Å². The molecule has 108 valence electrons. The van der Waals surface area contributed by atoms with Crippen LogP contribution in [-0.2, 0) is 0 Å². The van der Waals surface area contributed by atoms with Crippen LogP contribution in [0.4, 0.5) is 10.1 Å². The predicted molar refractivity (Wildman–Crippen MR) is 80.6 cm³/mol. The molecular weight excluding hydrogens is 319 g/mol. The zero-order valence-corrected chi connectivity index (χ0v) is 12.0. The van der Waals surface area contributed by atoms with E-state index in [0.717, 1.165) is 12.1 Å². The van der Waals surface area contributed by atoms with Crippen molar-refractivity contribution in [2.45, 2.75) is 0 Å². The topological polar surface area (TPSA) is 69.6 Å². The third-order valence-electron chi connectivity index (χ3n) is 2.72. The number of hydrogen-bond donors (Lipinski definition) is 3. The number of nitrogens with one attached hydrogen (secondary N) is 1. The smallest absolute Gasteiger partial charge is 0.423 e. The molecule has 2 rings (SSSR count). The maximum Gasteiger partial charge on any atom is 0.491 e. The fourth-order valence-electron chi connectivity index (χ4n) is 1.67. The van der Waals surface area contributed by atoms with Crippen molar-refractivity contribution in [1.29, 1.82) is 0 Å². The SMILES string of the molecule is O=C(Nc1ccc(Cl)cc1Cl)c1ccc(F)c(B(O)O)c1. The molecule has 0 bridgehead atoms. The Kier molecular flexibility index (Phi) is 4.85. The Labute approximate surface area is 130 Å². The fraction of sp³-hybridized carbons (Fsp3) is 0. The van der Waals surface area contributed by atoms with Crippen LogP contribution in [-0.4, -0.2) is 23.1 Å². The third kappa shape index (κ3) is 3.74. The fourth-order valence-corrected chi connectivity index (χ4v) is 2.12. The first-order valence-electron chi connectivity index (χ1n) is 5.80. The molecule has 0 radical (unpaired) electrons. The molecule has 21 heavy (non-hydrogen) atoms. The molecule has 0 fully saturated rings. The van der Waals surface area contributed by atoms with Crippen LogP contribution >= 0.6 is 23.2 Å². The van der Waals surface area contributed by atoms with Crippen LogP contribution in [0.25, 0.3) is 0 Å². The standard InChI is InChI=1S/C13H9BCl2FNO3/c15-8-2-4-12(10(16)6-8)18-13(19)7-1-3-11(17)9(5-7)14(20)21/h1-6,20-21H,(H,18,19). The Morgan fingerprint density at radius 3 is 2.48 bits per heavy atom. The van der Waals surface area contributed by atoms with Crippen molar-refractivity contribution in [3.63, 3.8) is 0 Å². The molecule has 0 aliphatic heterocycles. The molecule has 0 saturated carbocycles. The first-order valence-corrected chi connectivity index (χ1v) is 6.56. The van der Waals surface area contributed by atoms with Gasteiger partial charge < -0.3 is 15.4 Å². The van der Waals surface area contributed by atoms with Crippen LogP contribution < -0.4 is 10.8 Å². The summed E-state index contributed by atoms with van der Waals surface area (Å²) in [7, 11) is -2.00. The van der Waals surface area contributed by atoms with Crippen LogP contribution in [0.3, 0.4) is 0 Å². The Balaban J connectivity index is 2.26. The summed E-state index contributed by atoms with van der Waals surface area (Å²) in [5.41, 5.74) is 0.0110. The Hall–Kier alpha value is -1.60. The first-order chi connectivity index (χ1) is 9.88. The molecule has 2 aromatic rings.